The lowest BCUT2D eigenvalue weighted by Gasteiger charge is -2.12. The van der Waals surface area contributed by atoms with E-state index in [4.69, 9.17) is 5.73 Å². The Kier molecular flexibility index (Phi) is 6.09. The highest BCUT2D eigenvalue weighted by molar-refractivity contribution is 6.15. The van der Waals surface area contributed by atoms with Crippen molar-refractivity contribution in [2.45, 2.75) is 6.42 Å². The normalized spacial score (nSPS) is 13.6. The van der Waals surface area contributed by atoms with E-state index < -0.39 is 0 Å². The molecule has 4 nitrogen and oxygen atoms in total. The highest BCUT2D eigenvalue weighted by Crippen LogP contribution is 1.87. The first-order chi connectivity index (χ1) is 9.06. The topological polar surface area (TPSA) is 53.6 Å². The third-order valence-electron chi connectivity index (χ3n) is 2.86. The fraction of sp³-hybridized carbons (Fsp3) is 0.400. The molecule has 0 fully saturated rings. The van der Waals surface area contributed by atoms with E-state index in [1.165, 1.54) is 0 Å². The molecular formula is C15H24N4. The summed E-state index contributed by atoms with van der Waals surface area (Å²) in [6.45, 7) is 5.88. The summed E-state index contributed by atoms with van der Waals surface area (Å²) in [5.74, 6) is 0.731. The number of nitrogens with two attached hydrogens (primary N) is 1. The Labute approximate surface area is 115 Å². The quantitative estimate of drug-likeness (QED) is 0.435. The molecule has 4 heteroatoms. The lowest BCUT2D eigenvalue weighted by Crippen LogP contribution is -2.38. The van der Waals surface area contributed by atoms with Gasteiger partial charge >= 0.3 is 0 Å². The van der Waals surface area contributed by atoms with Crippen molar-refractivity contribution < 1.29 is 0 Å². The second-order valence-electron chi connectivity index (χ2n) is 4.73. The SMILES string of the molecule is C=c1cccc/c1=C(\N)C(=NC)NCCCN(C)C. The maximum absolute atomic E-state index is 6.17. The predicted octanol–water partition coefficient (Wildman–Crippen LogP) is -0.267. The van der Waals surface area contributed by atoms with Crippen LogP contribution in [-0.2, 0) is 0 Å². The monoisotopic (exact) mass is 260 g/mol. The van der Waals surface area contributed by atoms with Gasteiger partial charge in [0, 0.05) is 18.8 Å². The van der Waals surface area contributed by atoms with Crippen LogP contribution in [0.3, 0.4) is 0 Å². The van der Waals surface area contributed by atoms with Crippen LogP contribution < -0.4 is 21.5 Å². The van der Waals surface area contributed by atoms with E-state index >= 15 is 0 Å². The largest absolute Gasteiger partial charge is 0.395 e. The second-order valence-corrected chi connectivity index (χ2v) is 4.73. The van der Waals surface area contributed by atoms with Gasteiger partial charge in [-0.15, -0.1) is 0 Å². The summed E-state index contributed by atoms with van der Waals surface area (Å²) in [4.78, 5) is 6.38. The molecule has 1 aromatic rings. The third-order valence-corrected chi connectivity index (χ3v) is 2.86. The van der Waals surface area contributed by atoms with E-state index in [9.17, 15) is 0 Å². The Bertz CT molecular complexity index is 531. The maximum atomic E-state index is 6.17. The minimum absolute atomic E-state index is 0.651. The van der Waals surface area contributed by atoms with E-state index in [0.717, 1.165) is 35.8 Å². The van der Waals surface area contributed by atoms with Crippen LogP contribution in [0.15, 0.2) is 29.3 Å². The molecule has 19 heavy (non-hydrogen) atoms. The molecule has 104 valence electrons. The van der Waals surface area contributed by atoms with E-state index in [1.807, 2.05) is 24.3 Å². The molecule has 0 heterocycles. The average molecular weight is 260 g/mol. The summed E-state index contributed by atoms with van der Waals surface area (Å²) in [5, 5.41) is 5.13. The zero-order valence-electron chi connectivity index (χ0n) is 12.1. The average Bonchev–Trinajstić information content (AvgIpc) is 2.38. The van der Waals surface area contributed by atoms with Crippen molar-refractivity contribution >= 4 is 18.1 Å². The number of hydrogen-bond donors (Lipinski definition) is 2. The number of benzene rings is 1. The van der Waals surface area contributed by atoms with Crippen LogP contribution in [0.25, 0.3) is 12.3 Å². The number of nitrogens with one attached hydrogen (secondary N) is 1. The van der Waals surface area contributed by atoms with Crippen LogP contribution in [0.5, 0.6) is 0 Å². The highest BCUT2D eigenvalue weighted by atomic mass is 15.1. The van der Waals surface area contributed by atoms with Gasteiger partial charge in [0.05, 0.1) is 5.70 Å². The first kappa shape index (κ1) is 15.2. The summed E-state index contributed by atoms with van der Waals surface area (Å²) in [7, 11) is 5.87. The Balaban J connectivity index is 2.80. The van der Waals surface area contributed by atoms with Crippen molar-refractivity contribution in [3.63, 3.8) is 0 Å². The van der Waals surface area contributed by atoms with Crippen LogP contribution in [0, 0.1) is 0 Å². The van der Waals surface area contributed by atoms with Crippen molar-refractivity contribution in [3.8, 4) is 0 Å². The molecule has 0 aliphatic heterocycles. The molecule has 0 atom stereocenters. The highest BCUT2D eigenvalue weighted by Gasteiger charge is 2.02. The second kappa shape index (κ2) is 7.59. The first-order valence-corrected chi connectivity index (χ1v) is 6.45. The Morgan fingerprint density at radius 3 is 2.63 bits per heavy atom. The van der Waals surface area contributed by atoms with Crippen molar-refractivity contribution in [3.05, 3.63) is 34.7 Å². The molecule has 0 saturated carbocycles. The molecule has 0 bridgehead atoms. The van der Waals surface area contributed by atoms with Gasteiger partial charge < -0.3 is 16.0 Å². The van der Waals surface area contributed by atoms with Crippen molar-refractivity contribution in [2.75, 3.05) is 34.2 Å². The molecule has 0 spiro atoms. The van der Waals surface area contributed by atoms with E-state index in [0.29, 0.717) is 5.70 Å². The summed E-state index contributed by atoms with van der Waals surface area (Å²) in [6.07, 6.45) is 1.05. The molecule has 0 unspecified atom stereocenters. The number of nitrogens with zero attached hydrogens (tertiary/aromatic N) is 2. The summed E-state index contributed by atoms with van der Waals surface area (Å²) >= 11 is 0. The Hall–Kier alpha value is -1.81. The lowest BCUT2D eigenvalue weighted by atomic mass is 10.2. The molecule has 0 aliphatic rings. The molecular weight excluding hydrogens is 236 g/mol. The predicted molar refractivity (Wildman–Crippen MR) is 83.3 cm³/mol. The van der Waals surface area contributed by atoms with Gasteiger partial charge in [-0.3, -0.25) is 4.99 Å². The number of amidine groups is 1. The Morgan fingerprint density at radius 2 is 2.05 bits per heavy atom. The molecule has 0 saturated heterocycles. The zero-order valence-corrected chi connectivity index (χ0v) is 12.1. The van der Waals surface area contributed by atoms with Crippen molar-refractivity contribution in [1.82, 2.24) is 10.2 Å². The van der Waals surface area contributed by atoms with Gasteiger partial charge in [-0.25, -0.2) is 0 Å². The molecule has 0 aromatic heterocycles. The third kappa shape index (κ3) is 4.75. The fourth-order valence-corrected chi connectivity index (χ4v) is 1.81. The van der Waals surface area contributed by atoms with Crippen LogP contribution >= 0.6 is 0 Å². The zero-order chi connectivity index (χ0) is 14.3. The van der Waals surface area contributed by atoms with E-state index in [2.05, 4.69) is 35.9 Å². The first-order valence-electron chi connectivity index (χ1n) is 6.45. The van der Waals surface area contributed by atoms with Gasteiger partial charge in [0.15, 0.2) is 0 Å². The molecule has 0 amide bonds. The van der Waals surface area contributed by atoms with Crippen molar-refractivity contribution in [2.24, 2.45) is 10.7 Å². The van der Waals surface area contributed by atoms with Gasteiger partial charge in [-0.1, -0.05) is 30.8 Å². The molecule has 0 aliphatic carbocycles. The summed E-state index contributed by atoms with van der Waals surface area (Å²) in [6, 6.07) is 7.81. The van der Waals surface area contributed by atoms with E-state index in [-0.39, 0.29) is 0 Å². The lowest BCUT2D eigenvalue weighted by molar-refractivity contribution is 0.400. The van der Waals surface area contributed by atoms with Gasteiger partial charge in [0.2, 0.25) is 0 Å². The molecule has 1 aromatic carbocycles. The molecule has 0 radical (unpaired) electrons. The minimum Gasteiger partial charge on any atom is -0.395 e. The van der Waals surface area contributed by atoms with Crippen LogP contribution in [0.2, 0.25) is 0 Å². The standard InChI is InChI=1S/C15H24N4/c1-12-8-5-6-9-13(12)14(16)15(17-2)18-10-7-11-19(3)4/h5-6,8-9H,1,7,10-11,16H2,2-4H3,(H,17,18)/b14-13+. The maximum Gasteiger partial charge on any atom is 0.144 e. The number of aliphatic imine (C=N–C) groups is 1. The van der Waals surface area contributed by atoms with Gasteiger partial charge in [0.1, 0.15) is 5.84 Å². The van der Waals surface area contributed by atoms with Crippen LogP contribution in [-0.4, -0.2) is 45.0 Å². The van der Waals surface area contributed by atoms with Gasteiger partial charge in [0.25, 0.3) is 0 Å². The molecule has 3 N–H and O–H groups in total. The fourth-order valence-electron chi connectivity index (χ4n) is 1.81. The van der Waals surface area contributed by atoms with Gasteiger partial charge in [-0.05, 0) is 32.3 Å². The van der Waals surface area contributed by atoms with Gasteiger partial charge in [-0.2, -0.15) is 0 Å². The number of rotatable bonds is 5. The summed E-state index contributed by atoms with van der Waals surface area (Å²) < 4.78 is 0. The van der Waals surface area contributed by atoms with Crippen LogP contribution in [0.4, 0.5) is 0 Å². The van der Waals surface area contributed by atoms with Crippen LogP contribution in [0.1, 0.15) is 6.42 Å². The molecule has 1 rings (SSSR count). The Morgan fingerprint density at radius 1 is 1.37 bits per heavy atom. The van der Waals surface area contributed by atoms with E-state index in [1.54, 1.807) is 7.05 Å². The smallest absolute Gasteiger partial charge is 0.144 e. The summed E-state index contributed by atoms with van der Waals surface area (Å²) in [5.41, 5.74) is 6.82. The minimum atomic E-state index is 0.651. The van der Waals surface area contributed by atoms with Crippen molar-refractivity contribution in [1.29, 1.82) is 0 Å². The number of hydrogen-bond acceptors (Lipinski definition) is 3.